The van der Waals surface area contributed by atoms with Crippen molar-refractivity contribution in [2.75, 3.05) is 7.05 Å². The van der Waals surface area contributed by atoms with Gasteiger partial charge in [-0.3, -0.25) is 9.38 Å². The van der Waals surface area contributed by atoms with Crippen molar-refractivity contribution < 1.29 is 12.8 Å². The van der Waals surface area contributed by atoms with E-state index in [1.165, 1.54) is 28.9 Å². The van der Waals surface area contributed by atoms with Crippen molar-refractivity contribution >= 4 is 38.5 Å². The van der Waals surface area contributed by atoms with Gasteiger partial charge in [-0.25, -0.2) is 9.37 Å². The summed E-state index contributed by atoms with van der Waals surface area (Å²) in [5.41, 5.74) is 3.37. The summed E-state index contributed by atoms with van der Waals surface area (Å²) in [7, 11) is -2.47. The number of nitrogens with zero attached hydrogens (tertiary/aromatic N) is 5. The molecule has 11 heteroatoms. The quantitative estimate of drug-likeness (QED) is 0.364. The van der Waals surface area contributed by atoms with Crippen LogP contribution in [0, 0.1) is 11.2 Å². The maximum Gasteiger partial charge on any atom is 0.301 e. The summed E-state index contributed by atoms with van der Waals surface area (Å²) in [6.07, 6.45) is 8.53. The number of pyridine rings is 2. The van der Waals surface area contributed by atoms with Gasteiger partial charge in [-0.1, -0.05) is 12.1 Å². The third-order valence-electron chi connectivity index (χ3n) is 5.30. The van der Waals surface area contributed by atoms with E-state index in [1.54, 1.807) is 56.0 Å². The maximum atomic E-state index is 13.7. The van der Waals surface area contributed by atoms with Crippen LogP contribution in [0.2, 0.25) is 0 Å². The first-order valence-electron chi connectivity index (χ1n) is 10.1. The van der Waals surface area contributed by atoms with Gasteiger partial charge in [0, 0.05) is 43.0 Å². The van der Waals surface area contributed by atoms with Gasteiger partial charge in [-0.15, -0.1) is 0 Å². The molecule has 34 heavy (non-hydrogen) atoms. The molecular formula is C23H18FN7O2S. The van der Waals surface area contributed by atoms with E-state index in [1.807, 2.05) is 0 Å². The van der Waals surface area contributed by atoms with E-state index >= 15 is 0 Å². The van der Waals surface area contributed by atoms with Crippen LogP contribution >= 0.6 is 0 Å². The van der Waals surface area contributed by atoms with Crippen molar-refractivity contribution in [3.63, 3.8) is 0 Å². The van der Waals surface area contributed by atoms with Gasteiger partial charge in [0.05, 0.1) is 12.4 Å². The van der Waals surface area contributed by atoms with Crippen LogP contribution in [-0.2, 0) is 10.0 Å². The van der Waals surface area contributed by atoms with Crippen molar-refractivity contribution in [3.8, 4) is 11.1 Å². The Kier molecular flexibility index (Phi) is 5.17. The van der Waals surface area contributed by atoms with Gasteiger partial charge in [0.2, 0.25) is 0 Å². The standard InChI is InChI=1S/C23H18FN7O2S/c1-26-10-18(9-25)17-8-21-20(27-11-17)12-29-31(21)34(32,33)23-13-28-22-6-5-16(14-30(22)23)15-3-2-4-19(24)7-15/h2-14,25-26H,1H3/b18-10+,25-9?. The molecule has 0 aliphatic rings. The molecule has 5 rings (SSSR count). The molecule has 9 nitrogen and oxygen atoms in total. The molecule has 0 saturated carbocycles. The molecule has 4 heterocycles. The predicted octanol–water partition coefficient (Wildman–Crippen LogP) is 3.33. The molecule has 1 aromatic carbocycles. The molecule has 2 N–H and O–H groups in total. The molecule has 0 fully saturated rings. The molecule has 0 saturated heterocycles. The second kappa shape index (κ2) is 8.19. The molecule has 0 unspecified atom stereocenters. The van der Waals surface area contributed by atoms with Gasteiger partial charge in [-0.2, -0.15) is 17.6 Å². The molecular weight excluding hydrogens is 457 g/mol. The van der Waals surface area contributed by atoms with Gasteiger partial charge in [0.25, 0.3) is 0 Å². The van der Waals surface area contributed by atoms with Gasteiger partial charge in [0.1, 0.15) is 22.5 Å². The first-order chi connectivity index (χ1) is 16.4. The van der Waals surface area contributed by atoms with Crippen molar-refractivity contribution in [1.29, 1.82) is 5.41 Å². The average molecular weight is 476 g/mol. The fourth-order valence-electron chi connectivity index (χ4n) is 3.68. The van der Waals surface area contributed by atoms with Crippen LogP contribution < -0.4 is 5.32 Å². The van der Waals surface area contributed by atoms with Crippen LogP contribution in [0.25, 0.3) is 33.4 Å². The number of nitrogens with one attached hydrogen (secondary N) is 2. The lowest BCUT2D eigenvalue weighted by Crippen LogP contribution is -2.16. The number of fused-ring (bicyclic) bond motifs is 2. The maximum absolute atomic E-state index is 13.7. The Morgan fingerprint density at radius 1 is 1.09 bits per heavy atom. The number of benzene rings is 1. The molecule has 170 valence electrons. The Hall–Kier alpha value is -4.38. The van der Waals surface area contributed by atoms with Crippen molar-refractivity contribution in [3.05, 3.63) is 84.8 Å². The lowest BCUT2D eigenvalue weighted by Gasteiger charge is -2.08. The van der Waals surface area contributed by atoms with E-state index in [4.69, 9.17) is 5.41 Å². The SMILES string of the molecule is CN/C=C(\C=N)c1cnc2cnn(S(=O)(=O)c3cnc4ccc(-c5cccc(F)c5)cn34)c2c1. The molecule has 0 bridgehead atoms. The molecule has 0 spiro atoms. The molecule has 0 amide bonds. The minimum atomic E-state index is -4.17. The van der Waals surface area contributed by atoms with E-state index in [2.05, 4.69) is 20.4 Å². The number of aromatic nitrogens is 5. The molecule has 5 aromatic rings. The first-order valence-corrected chi connectivity index (χ1v) is 11.6. The zero-order chi connectivity index (χ0) is 23.9. The second-order valence-electron chi connectivity index (χ2n) is 7.41. The third-order valence-corrected chi connectivity index (χ3v) is 6.88. The monoisotopic (exact) mass is 475 g/mol. The lowest BCUT2D eigenvalue weighted by atomic mass is 10.1. The summed E-state index contributed by atoms with van der Waals surface area (Å²) >= 11 is 0. The summed E-state index contributed by atoms with van der Waals surface area (Å²) in [5.74, 6) is -0.390. The minimum absolute atomic E-state index is 0.103. The van der Waals surface area contributed by atoms with Crippen LogP contribution in [-0.4, -0.2) is 45.2 Å². The summed E-state index contributed by atoms with van der Waals surface area (Å²) in [6.45, 7) is 0. The minimum Gasteiger partial charge on any atom is -0.393 e. The molecule has 4 aromatic heterocycles. The van der Waals surface area contributed by atoms with E-state index in [9.17, 15) is 12.8 Å². The highest BCUT2D eigenvalue weighted by Gasteiger charge is 2.25. The van der Waals surface area contributed by atoms with Gasteiger partial charge in [0.15, 0.2) is 5.03 Å². The van der Waals surface area contributed by atoms with Gasteiger partial charge >= 0.3 is 10.0 Å². The van der Waals surface area contributed by atoms with Crippen molar-refractivity contribution in [2.24, 2.45) is 0 Å². The molecule has 0 radical (unpaired) electrons. The Bertz CT molecular complexity index is 1700. The Labute approximate surface area is 193 Å². The highest BCUT2D eigenvalue weighted by atomic mass is 32.2. The van der Waals surface area contributed by atoms with Crippen LogP contribution in [0.5, 0.6) is 0 Å². The highest BCUT2D eigenvalue weighted by Crippen LogP contribution is 2.26. The average Bonchev–Trinajstić information content (AvgIpc) is 3.46. The van der Waals surface area contributed by atoms with Crippen molar-refractivity contribution in [2.45, 2.75) is 5.03 Å². The van der Waals surface area contributed by atoms with E-state index in [0.717, 1.165) is 10.3 Å². The number of halogens is 1. The molecule has 0 atom stereocenters. The number of imidazole rings is 1. The smallest absolute Gasteiger partial charge is 0.301 e. The Morgan fingerprint density at radius 2 is 1.94 bits per heavy atom. The number of hydrogen-bond acceptors (Lipinski definition) is 7. The number of hydrogen-bond donors (Lipinski definition) is 2. The Morgan fingerprint density at radius 3 is 2.71 bits per heavy atom. The normalized spacial score (nSPS) is 12.4. The molecule has 0 aliphatic heterocycles. The highest BCUT2D eigenvalue weighted by molar-refractivity contribution is 7.90. The first kappa shape index (κ1) is 21.5. The van der Waals surface area contributed by atoms with Crippen LogP contribution in [0.1, 0.15) is 5.56 Å². The number of rotatable bonds is 6. The van der Waals surface area contributed by atoms with Crippen LogP contribution in [0.4, 0.5) is 4.39 Å². The molecule has 0 aliphatic carbocycles. The third kappa shape index (κ3) is 3.52. The van der Waals surface area contributed by atoms with Gasteiger partial charge in [-0.05, 0) is 41.5 Å². The van der Waals surface area contributed by atoms with Crippen LogP contribution in [0.15, 0.2) is 78.5 Å². The number of allylic oxidation sites excluding steroid dienone is 1. The summed E-state index contributed by atoms with van der Waals surface area (Å²) < 4.78 is 43.3. The van der Waals surface area contributed by atoms with Crippen LogP contribution in [0.3, 0.4) is 0 Å². The van der Waals surface area contributed by atoms with E-state index in [0.29, 0.717) is 33.4 Å². The fourth-order valence-corrected chi connectivity index (χ4v) is 5.01. The van der Waals surface area contributed by atoms with Gasteiger partial charge < -0.3 is 10.7 Å². The zero-order valence-electron chi connectivity index (χ0n) is 17.8. The topological polar surface area (TPSA) is 118 Å². The summed E-state index contributed by atoms with van der Waals surface area (Å²) in [4.78, 5) is 8.51. The van der Waals surface area contributed by atoms with Crippen molar-refractivity contribution in [1.82, 2.24) is 28.9 Å². The largest absolute Gasteiger partial charge is 0.393 e. The van der Waals surface area contributed by atoms with E-state index < -0.39 is 10.0 Å². The van der Waals surface area contributed by atoms with E-state index in [-0.39, 0.29) is 16.4 Å². The fraction of sp³-hybridized carbons (Fsp3) is 0.0435. The summed E-state index contributed by atoms with van der Waals surface area (Å²) in [5, 5.41) is 14.4. The second-order valence-corrected chi connectivity index (χ2v) is 9.12. The Balaban J connectivity index is 1.67. The predicted molar refractivity (Wildman–Crippen MR) is 127 cm³/mol. The summed E-state index contributed by atoms with van der Waals surface area (Å²) in [6, 6.07) is 11.1. The lowest BCUT2D eigenvalue weighted by molar-refractivity contribution is 0.577. The zero-order valence-corrected chi connectivity index (χ0v) is 18.7.